The van der Waals surface area contributed by atoms with E-state index in [-0.39, 0.29) is 0 Å². The number of nitrogens with zero attached hydrogens (tertiary/aromatic N) is 4. The molecule has 2 heterocycles. The monoisotopic (exact) mass is 230 g/mol. The summed E-state index contributed by atoms with van der Waals surface area (Å²) in [5.74, 6) is 1.09. The van der Waals surface area contributed by atoms with E-state index in [1.54, 1.807) is 0 Å². The molecule has 2 rings (SSSR count). The summed E-state index contributed by atoms with van der Waals surface area (Å²) in [5.41, 5.74) is 0. The molecule has 6 nitrogen and oxygen atoms in total. The molecular weight excluding hydrogens is 224 g/mol. The smallest absolute Gasteiger partial charge is 0.276 e. The van der Waals surface area contributed by atoms with E-state index in [2.05, 4.69) is 20.3 Å². The van der Waals surface area contributed by atoms with Gasteiger partial charge in [-0.2, -0.15) is 4.98 Å². The average molecular weight is 230 g/mol. The Morgan fingerprint density at radius 1 is 1.50 bits per heavy atom. The molecule has 0 radical (unpaired) electrons. The van der Waals surface area contributed by atoms with Gasteiger partial charge in [-0.3, -0.25) is 0 Å². The highest BCUT2D eigenvalue weighted by Crippen LogP contribution is 2.20. The number of hydrogen-bond donors (Lipinski definition) is 0. The summed E-state index contributed by atoms with van der Waals surface area (Å²) in [6.07, 6.45) is 3.17. The number of aromatic nitrogens is 4. The second kappa shape index (κ2) is 4.47. The van der Waals surface area contributed by atoms with E-state index in [9.17, 15) is 0 Å². The predicted octanol–water partition coefficient (Wildman–Crippen LogP) is 1.47. The van der Waals surface area contributed by atoms with Crippen molar-refractivity contribution in [2.45, 2.75) is 16.1 Å². The Bertz CT molecular complexity index is 388. The Kier molecular flexibility index (Phi) is 3.04. The zero-order valence-electron chi connectivity index (χ0n) is 7.21. The number of hydrogen-bond acceptors (Lipinski definition) is 8. The van der Waals surface area contributed by atoms with Gasteiger partial charge in [-0.25, -0.2) is 0 Å². The van der Waals surface area contributed by atoms with Crippen LogP contribution in [0.2, 0.25) is 0 Å². The second-order valence-corrected chi connectivity index (χ2v) is 3.87. The van der Waals surface area contributed by atoms with Gasteiger partial charge in [0.25, 0.3) is 5.22 Å². The maximum absolute atomic E-state index is 4.96. The standard InChI is InChI=1S/C6H6N4O2S2/c1-13-5-8-4(12-10-5)2-14-6-9-7-3-11-6/h3H,2H2,1H3. The largest absolute Gasteiger partial charge is 0.419 e. The summed E-state index contributed by atoms with van der Waals surface area (Å²) in [4.78, 5) is 4.10. The van der Waals surface area contributed by atoms with Crippen molar-refractivity contribution in [3.8, 4) is 0 Å². The van der Waals surface area contributed by atoms with Gasteiger partial charge in [0, 0.05) is 0 Å². The predicted molar refractivity (Wildman–Crippen MR) is 49.9 cm³/mol. The summed E-state index contributed by atoms with van der Waals surface area (Å²) < 4.78 is 9.90. The highest BCUT2D eigenvalue weighted by atomic mass is 32.2. The number of thioether (sulfide) groups is 2. The molecule has 0 unspecified atom stereocenters. The summed E-state index contributed by atoms with van der Waals surface area (Å²) in [6, 6.07) is 0. The van der Waals surface area contributed by atoms with Gasteiger partial charge in [-0.1, -0.05) is 28.7 Å². The molecule has 14 heavy (non-hydrogen) atoms. The minimum atomic E-state index is 0.494. The Morgan fingerprint density at radius 3 is 3.07 bits per heavy atom. The van der Waals surface area contributed by atoms with E-state index < -0.39 is 0 Å². The summed E-state index contributed by atoms with van der Waals surface area (Å²) in [5, 5.41) is 12.1. The van der Waals surface area contributed by atoms with Crippen LogP contribution in [0.3, 0.4) is 0 Å². The van der Waals surface area contributed by atoms with Crippen LogP contribution in [0.1, 0.15) is 5.89 Å². The molecule has 0 amide bonds. The van der Waals surface area contributed by atoms with Gasteiger partial charge >= 0.3 is 0 Å². The van der Waals surface area contributed by atoms with E-state index in [0.29, 0.717) is 22.0 Å². The lowest BCUT2D eigenvalue weighted by Gasteiger charge is -1.87. The molecule has 74 valence electrons. The minimum Gasteiger partial charge on any atom is -0.419 e. The third-order valence-electron chi connectivity index (χ3n) is 1.29. The lowest BCUT2D eigenvalue weighted by atomic mass is 10.8. The van der Waals surface area contributed by atoms with Crippen LogP contribution < -0.4 is 0 Å². The van der Waals surface area contributed by atoms with Crippen LogP contribution in [0.5, 0.6) is 0 Å². The topological polar surface area (TPSA) is 77.8 Å². The Balaban J connectivity index is 1.92. The lowest BCUT2D eigenvalue weighted by Crippen LogP contribution is -1.80. The van der Waals surface area contributed by atoms with Crippen LogP contribution in [0.25, 0.3) is 0 Å². The summed E-state index contributed by atoms with van der Waals surface area (Å²) in [7, 11) is 0. The van der Waals surface area contributed by atoms with Crippen molar-refractivity contribution in [3.63, 3.8) is 0 Å². The molecule has 0 aromatic carbocycles. The van der Waals surface area contributed by atoms with Crippen LogP contribution in [0.15, 0.2) is 25.7 Å². The van der Waals surface area contributed by atoms with Gasteiger partial charge in [-0.15, -0.1) is 10.2 Å². The van der Waals surface area contributed by atoms with Crippen LogP contribution in [-0.2, 0) is 5.75 Å². The molecule has 0 aliphatic heterocycles. The molecule has 2 aromatic heterocycles. The van der Waals surface area contributed by atoms with Gasteiger partial charge in [0.15, 0.2) is 0 Å². The molecule has 0 spiro atoms. The van der Waals surface area contributed by atoms with Crippen LogP contribution >= 0.6 is 23.5 Å². The van der Waals surface area contributed by atoms with Crippen molar-refractivity contribution < 1.29 is 8.94 Å². The second-order valence-electron chi connectivity index (χ2n) is 2.17. The first kappa shape index (κ1) is 9.53. The van der Waals surface area contributed by atoms with Crippen LogP contribution in [0, 0.1) is 0 Å². The van der Waals surface area contributed by atoms with Gasteiger partial charge < -0.3 is 8.94 Å². The zero-order chi connectivity index (χ0) is 9.80. The fourth-order valence-corrected chi connectivity index (χ4v) is 1.62. The molecule has 0 saturated carbocycles. The summed E-state index contributed by atoms with van der Waals surface area (Å²) in [6.45, 7) is 0. The normalized spacial score (nSPS) is 10.6. The molecule has 0 saturated heterocycles. The highest BCUT2D eigenvalue weighted by molar-refractivity contribution is 7.98. The highest BCUT2D eigenvalue weighted by Gasteiger charge is 2.07. The third kappa shape index (κ3) is 2.26. The SMILES string of the molecule is CSc1noc(CSc2nnco2)n1. The molecule has 0 N–H and O–H groups in total. The molecule has 8 heteroatoms. The molecule has 0 aliphatic rings. The van der Waals surface area contributed by atoms with Crippen molar-refractivity contribution in [1.29, 1.82) is 0 Å². The molecule has 0 atom stereocenters. The van der Waals surface area contributed by atoms with E-state index in [1.165, 1.54) is 29.9 Å². The fourth-order valence-electron chi connectivity index (χ4n) is 0.730. The van der Waals surface area contributed by atoms with Gasteiger partial charge in [0.05, 0.1) is 5.75 Å². The lowest BCUT2D eigenvalue weighted by molar-refractivity contribution is 0.378. The third-order valence-corrected chi connectivity index (χ3v) is 2.64. The van der Waals surface area contributed by atoms with E-state index in [0.717, 1.165) is 0 Å². The molecular formula is C6H6N4O2S2. The van der Waals surface area contributed by atoms with Crippen molar-refractivity contribution in [1.82, 2.24) is 20.3 Å². The Labute approximate surface area is 87.9 Å². The van der Waals surface area contributed by atoms with E-state index >= 15 is 0 Å². The van der Waals surface area contributed by atoms with Crippen molar-refractivity contribution >= 4 is 23.5 Å². The zero-order valence-corrected chi connectivity index (χ0v) is 8.84. The Hall–Kier alpha value is -1.02. The van der Waals surface area contributed by atoms with Crippen molar-refractivity contribution in [3.05, 3.63) is 12.3 Å². The first-order chi connectivity index (χ1) is 6.88. The number of rotatable bonds is 4. The first-order valence-corrected chi connectivity index (χ1v) is 5.85. The molecule has 0 bridgehead atoms. The maximum atomic E-state index is 4.96. The molecule has 0 fully saturated rings. The Morgan fingerprint density at radius 2 is 2.43 bits per heavy atom. The van der Waals surface area contributed by atoms with E-state index in [1.807, 2.05) is 6.26 Å². The van der Waals surface area contributed by atoms with Crippen molar-refractivity contribution in [2.24, 2.45) is 0 Å². The van der Waals surface area contributed by atoms with E-state index in [4.69, 9.17) is 8.94 Å². The summed E-state index contributed by atoms with van der Waals surface area (Å²) >= 11 is 2.79. The van der Waals surface area contributed by atoms with Crippen LogP contribution in [0.4, 0.5) is 0 Å². The van der Waals surface area contributed by atoms with Gasteiger partial charge in [0.1, 0.15) is 0 Å². The quantitative estimate of drug-likeness (QED) is 0.730. The van der Waals surface area contributed by atoms with Crippen molar-refractivity contribution in [2.75, 3.05) is 6.26 Å². The average Bonchev–Trinajstić information content (AvgIpc) is 2.86. The van der Waals surface area contributed by atoms with Crippen LogP contribution in [-0.4, -0.2) is 26.6 Å². The molecule has 0 aliphatic carbocycles. The first-order valence-electron chi connectivity index (χ1n) is 3.64. The minimum absolute atomic E-state index is 0.494. The van der Waals surface area contributed by atoms with Gasteiger partial charge in [0.2, 0.25) is 17.4 Å². The molecule has 2 aromatic rings. The fraction of sp³-hybridized carbons (Fsp3) is 0.333. The van der Waals surface area contributed by atoms with Gasteiger partial charge in [-0.05, 0) is 6.26 Å². The maximum Gasteiger partial charge on any atom is 0.276 e.